The molecular formula is C15H24BrNO2. The Labute approximate surface area is 124 Å². The maximum Gasteiger partial charge on any atom is 0.126 e. The van der Waals surface area contributed by atoms with Gasteiger partial charge in [-0.15, -0.1) is 0 Å². The molecule has 0 unspecified atom stereocenters. The summed E-state index contributed by atoms with van der Waals surface area (Å²) in [5.41, 5.74) is 2.37. The van der Waals surface area contributed by atoms with Gasteiger partial charge in [-0.3, -0.25) is 0 Å². The maximum absolute atomic E-state index is 5.93. The Morgan fingerprint density at radius 2 is 2.05 bits per heavy atom. The van der Waals surface area contributed by atoms with Gasteiger partial charge in [0.15, 0.2) is 0 Å². The molecule has 0 saturated heterocycles. The Bertz CT molecular complexity index is 383. The molecule has 0 spiro atoms. The lowest BCUT2D eigenvalue weighted by Crippen LogP contribution is -2.19. The van der Waals surface area contributed by atoms with Gasteiger partial charge in [0.2, 0.25) is 0 Å². The zero-order valence-electron chi connectivity index (χ0n) is 12.1. The summed E-state index contributed by atoms with van der Waals surface area (Å²) in [5.74, 6) is 1.02. The van der Waals surface area contributed by atoms with Crippen LogP contribution in [-0.2, 0) is 11.3 Å². The number of halogens is 1. The van der Waals surface area contributed by atoms with Gasteiger partial charge in [0.1, 0.15) is 5.75 Å². The molecule has 4 heteroatoms. The van der Waals surface area contributed by atoms with Crippen molar-refractivity contribution in [2.45, 2.75) is 33.2 Å². The van der Waals surface area contributed by atoms with Crippen molar-refractivity contribution >= 4 is 15.9 Å². The molecule has 0 heterocycles. The predicted octanol–water partition coefficient (Wildman–Crippen LogP) is 3.67. The summed E-state index contributed by atoms with van der Waals surface area (Å²) in [6.45, 7) is 7.40. The van der Waals surface area contributed by atoms with Crippen LogP contribution in [0.1, 0.15) is 30.9 Å². The largest absolute Gasteiger partial charge is 0.493 e. The number of methoxy groups -OCH3 is 1. The molecule has 0 fully saturated rings. The lowest BCUT2D eigenvalue weighted by atomic mass is 10.1. The molecule has 1 aromatic rings. The summed E-state index contributed by atoms with van der Waals surface area (Å²) in [4.78, 5) is 0. The average Bonchev–Trinajstić information content (AvgIpc) is 2.37. The number of hydrogen-bond acceptors (Lipinski definition) is 3. The van der Waals surface area contributed by atoms with Crippen LogP contribution in [0.15, 0.2) is 16.6 Å². The molecule has 0 aliphatic rings. The molecule has 0 atom stereocenters. The first-order valence-electron chi connectivity index (χ1n) is 6.80. The average molecular weight is 330 g/mol. The first kappa shape index (κ1) is 16.5. The first-order valence-corrected chi connectivity index (χ1v) is 7.59. The lowest BCUT2D eigenvalue weighted by molar-refractivity contribution is 0.199. The van der Waals surface area contributed by atoms with Gasteiger partial charge in [-0.05, 0) is 31.0 Å². The number of hydrogen-bond donors (Lipinski definition) is 1. The second kappa shape index (κ2) is 9.34. The van der Waals surface area contributed by atoms with E-state index in [0.717, 1.165) is 49.4 Å². The SMILES string of the molecule is CCCCOc1c(C)cc(Br)cc1CNCCOC. The van der Waals surface area contributed by atoms with Gasteiger partial charge in [-0.2, -0.15) is 0 Å². The van der Waals surface area contributed by atoms with E-state index in [1.54, 1.807) is 7.11 Å². The first-order chi connectivity index (χ1) is 9.19. The highest BCUT2D eigenvalue weighted by Gasteiger charge is 2.08. The van der Waals surface area contributed by atoms with Crippen LogP contribution < -0.4 is 10.1 Å². The molecule has 0 aliphatic heterocycles. The van der Waals surface area contributed by atoms with Gasteiger partial charge >= 0.3 is 0 Å². The van der Waals surface area contributed by atoms with Crippen LogP contribution in [0, 0.1) is 6.92 Å². The van der Waals surface area contributed by atoms with Crippen molar-refractivity contribution < 1.29 is 9.47 Å². The van der Waals surface area contributed by atoms with E-state index in [2.05, 4.69) is 47.2 Å². The van der Waals surface area contributed by atoms with Crippen LogP contribution in [-0.4, -0.2) is 26.9 Å². The smallest absolute Gasteiger partial charge is 0.126 e. The van der Waals surface area contributed by atoms with Crippen molar-refractivity contribution in [3.8, 4) is 5.75 Å². The summed E-state index contributed by atoms with van der Waals surface area (Å²) in [6.07, 6.45) is 2.24. The number of benzene rings is 1. The second-order valence-electron chi connectivity index (χ2n) is 4.58. The minimum atomic E-state index is 0.721. The molecule has 0 aliphatic carbocycles. The molecular weight excluding hydrogens is 306 g/mol. The van der Waals surface area contributed by atoms with Crippen LogP contribution in [0.25, 0.3) is 0 Å². The van der Waals surface area contributed by atoms with Crippen molar-refractivity contribution in [2.24, 2.45) is 0 Å². The number of unbranched alkanes of at least 4 members (excludes halogenated alkanes) is 1. The van der Waals surface area contributed by atoms with E-state index in [4.69, 9.17) is 9.47 Å². The topological polar surface area (TPSA) is 30.5 Å². The van der Waals surface area contributed by atoms with E-state index in [9.17, 15) is 0 Å². The van der Waals surface area contributed by atoms with Gasteiger partial charge in [0.05, 0.1) is 13.2 Å². The monoisotopic (exact) mass is 329 g/mol. The molecule has 0 aromatic heterocycles. The summed E-state index contributed by atoms with van der Waals surface area (Å²) in [7, 11) is 1.71. The Hall–Kier alpha value is -0.580. The highest BCUT2D eigenvalue weighted by molar-refractivity contribution is 9.10. The third kappa shape index (κ3) is 5.93. The summed E-state index contributed by atoms with van der Waals surface area (Å²) < 4.78 is 12.1. The fourth-order valence-electron chi connectivity index (χ4n) is 1.85. The number of nitrogens with one attached hydrogen (secondary N) is 1. The predicted molar refractivity (Wildman–Crippen MR) is 82.9 cm³/mol. The molecule has 1 rings (SSSR count). The Morgan fingerprint density at radius 3 is 2.74 bits per heavy atom. The molecule has 108 valence electrons. The highest BCUT2D eigenvalue weighted by atomic mass is 79.9. The third-order valence-electron chi connectivity index (χ3n) is 2.86. The Balaban J connectivity index is 2.69. The van der Waals surface area contributed by atoms with Gasteiger partial charge in [0, 0.05) is 30.2 Å². The minimum absolute atomic E-state index is 0.721. The van der Waals surface area contributed by atoms with Crippen LogP contribution in [0.2, 0.25) is 0 Å². The molecule has 0 radical (unpaired) electrons. The van der Waals surface area contributed by atoms with E-state index >= 15 is 0 Å². The van der Waals surface area contributed by atoms with E-state index in [-0.39, 0.29) is 0 Å². The molecule has 19 heavy (non-hydrogen) atoms. The number of aryl methyl sites for hydroxylation is 1. The highest BCUT2D eigenvalue weighted by Crippen LogP contribution is 2.28. The van der Waals surface area contributed by atoms with Crippen molar-refractivity contribution in [3.63, 3.8) is 0 Å². The Morgan fingerprint density at radius 1 is 1.26 bits per heavy atom. The molecule has 0 amide bonds. The van der Waals surface area contributed by atoms with Crippen molar-refractivity contribution in [1.29, 1.82) is 0 Å². The van der Waals surface area contributed by atoms with Gasteiger partial charge in [0.25, 0.3) is 0 Å². The minimum Gasteiger partial charge on any atom is -0.493 e. The van der Waals surface area contributed by atoms with Gasteiger partial charge < -0.3 is 14.8 Å². The molecule has 0 saturated carbocycles. The second-order valence-corrected chi connectivity index (χ2v) is 5.50. The fraction of sp³-hybridized carbons (Fsp3) is 0.600. The molecule has 0 bridgehead atoms. The normalized spacial score (nSPS) is 10.7. The molecule has 1 N–H and O–H groups in total. The van der Waals surface area contributed by atoms with Crippen LogP contribution in [0.4, 0.5) is 0 Å². The molecule has 3 nitrogen and oxygen atoms in total. The van der Waals surface area contributed by atoms with Gasteiger partial charge in [-0.25, -0.2) is 0 Å². The fourth-order valence-corrected chi connectivity index (χ4v) is 2.47. The van der Waals surface area contributed by atoms with Crippen molar-refractivity contribution in [1.82, 2.24) is 5.32 Å². The van der Waals surface area contributed by atoms with Crippen molar-refractivity contribution in [2.75, 3.05) is 26.9 Å². The van der Waals surface area contributed by atoms with E-state index in [0.29, 0.717) is 0 Å². The quantitative estimate of drug-likeness (QED) is 0.701. The van der Waals surface area contributed by atoms with E-state index in [1.807, 2.05) is 0 Å². The van der Waals surface area contributed by atoms with Crippen LogP contribution in [0.5, 0.6) is 5.75 Å². The zero-order chi connectivity index (χ0) is 14.1. The Kier molecular flexibility index (Phi) is 8.10. The standard InChI is InChI=1S/C15H24BrNO2/c1-4-5-7-19-15-12(2)9-14(16)10-13(15)11-17-6-8-18-3/h9-10,17H,4-8,11H2,1-3H3. The molecule has 1 aromatic carbocycles. The lowest BCUT2D eigenvalue weighted by Gasteiger charge is -2.15. The number of ether oxygens (including phenoxy) is 2. The maximum atomic E-state index is 5.93. The van der Waals surface area contributed by atoms with E-state index in [1.165, 1.54) is 11.1 Å². The van der Waals surface area contributed by atoms with E-state index < -0.39 is 0 Å². The van der Waals surface area contributed by atoms with Crippen LogP contribution >= 0.6 is 15.9 Å². The van der Waals surface area contributed by atoms with Crippen molar-refractivity contribution in [3.05, 3.63) is 27.7 Å². The summed E-state index contributed by atoms with van der Waals surface area (Å²) in [5, 5.41) is 3.36. The van der Waals surface area contributed by atoms with Gasteiger partial charge in [-0.1, -0.05) is 29.3 Å². The summed E-state index contributed by atoms with van der Waals surface area (Å²) >= 11 is 3.54. The number of rotatable bonds is 9. The summed E-state index contributed by atoms with van der Waals surface area (Å²) in [6, 6.07) is 4.22. The van der Waals surface area contributed by atoms with Crippen LogP contribution in [0.3, 0.4) is 0 Å². The third-order valence-corrected chi connectivity index (χ3v) is 3.32. The zero-order valence-corrected chi connectivity index (χ0v) is 13.7.